The van der Waals surface area contributed by atoms with E-state index in [4.69, 9.17) is 10.5 Å². The molecule has 2 rings (SSSR count). The zero-order valence-corrected chi connectivity index (χ0v) is 13.8. The predicted octanol–water partition coefficient (Wildman–Crippen LogP) is 3.69. The van der Waals surface area contributed by atoms with Gasteiger partial charge in [-0.15, -0.1) is 0 Å². The fourth-order valence-corrected chi connectivity index (χ4v) is 2.29. The van der Waals surface area contributed by atoms with Gasteiger partial charge in [-0.1, -0.05) is 43.2 Å². The Morgan fingerprint density at radius 1 is 1.12 bits per heavy atom. The number of nitrogen functional groups attached to an aromatic ring is 1. The van der Waals surface area contributed by atoms with Crippen LogP contribution in [0, 0.1) is 6.92 Å². The van der Waals surface area contributed by atoms with Crippen molar-refractivity contribution in [3.8, 4) is 5.75 Å². The standard InChI is InChI=1S/C19H21NO4/c1-3-4-9-24-16-11-14(19(22)23)10-15(20)17(16)18(21)13-7-5-12(2)6-8-13/h5-8,10-11H,3-4,9,20H2,1-2H3,(H,22,23). The number of rotatable bonds is 7. The molecule has 0 saturated carbocycles. The normalized spacial score (nSPS) is 10.4. The molecule has 0 saturated heterocycles. The molecular formula is C19H21NO4. The number of aryl methyl sites for hydroxylation is 1. The number of carboxylic acids is 1. The van der Waals surface area contributed by atoms with Gasteiger partial charge in [0.25, 0.3) is 0 Å². The van der Waals surface area contributed by atoms with Crippen LogP contribution < -0.4 is 10.5 Å². The molecule has 0 spiro atoms. The molecule has 5 nitrogen and oxygen atoms in total. The second-order valence-corrected chi connectivity index (χ2v) is 5.64. The van der Waals surface area contributed by atoms with Gasteiger partial charge < -0.3 is 15.6 Å². The third-order valence-corrected chi connectivity index (χ3v) is 3.68. The summed E-state index contributed by atoms with van der Waals surface area (Å²) < 4.78 is 5.65. The number of carbonyl (C=O) groups excluding carboxylic acids is 1. The van der Waals surface area contributed by atoms with Crippen LogP contribution in [0.1, 0.15) is 51.6 Å². The van der Waals surface area contributed by atoms with Gasteiger partial charge >= 0.3 is 5.97 Å². The Hall–Kier alpha value is -2.82. The minimum absolute atomic E-state index is 0.000505. The largest absolute Gasteiger partial charge is 0.493 e. The number of carboxylic acid groups (broad SMARTS) is 1. The van der Waals surface area contributed by atoms with Crippen molar-refractivity contribution in [2.45, 2.75) is 26.7 Å². The van der Waals surface area contributed by atoms with E-state index in [1.54, 1.807) is 12.1 Å². The number of hydrogen-bond donors (Lipinski definition) is 2. The highest BCUT2D eigenvalue weighted by molar-refractivity contribution is 6.14. The van der Waals surface area contributed by atoms with Gasteiger partial charge in [0.1, 0.15) is 5.75 Å². The van der Waals surface area contributed by atoms with Crippen LogP contribution in [0.4, 0.5) is 5.69 Å². The van der Waals surface area contributed by atoms with Crippen LogP contribution in [-0.4, -0.2) is 23.5 Å². The second kappa shape index (κ2) is 7.64. The van der Waals surface area contributed by atoms with E-state index in [9.17, 15) is 14.7 Å². The van der Waals surface area contributed by atoms with Crippen molar-refractivity contribution in [3.63, 3.8) is 0 Å². The molecule has 24 heavy (non-hydrogen) atoms. The van der Waals surface area contributed by atoms with E-state index < -0.39 is 5.97 Å². The highest BCUT2D eigenvalue weighted by Gasteiger charge is 2.21. The molecule has 2 aromatic carbocycles. The molecule has 0 aromatic heterocycles. The topological polar surface area (TPSA) is 89.6 Å². The predicted molar refractivity (Wildman–Crippen MR) is 92.8 cm³/mol. The third kappa shape index (κ3) is 3.93. The van der Waals surface area contributed by atoms with Gasteiger partial charge in [0.05, 0.1) is 17.7 Å². The number of ether oxygens (including phenoxy) is 1. The molecule has 0 aliphatic heterocycles. The summed E-state index contributed by atoms with van der Waals surface area (Å²) in [5, 5.41) is 9.19. The van der Waals surface area contributed by atoms with Crippen LogP contribution in [0.5, 0.6) is 5.75 Å². The van der Waals surface area contributed by atoms with Crippen LogP contribution in [0.25, 0.3) is 0 Å². The number of carbonyl (C=O) groups is 2. The molecule has 0 amide bonds. The Kier molecular flexibility index (Phi) is 5.58. The molecule has 3 N–H and O–H groups in total. The second-order valence-electron chi connectivity index (χ2n) is 5.64. The van der Waals surface area contributed by atoms with E-state index in [1.807, 2.05) is 26.0 Å². The van der Waals surface area contributed by atoms with Crippen molar-refractivity contribution in [1.82, 2.24) is 0 Å². The van der Waals surface area contributed by atoms with Crippen molar-refractivity contribution in [1.29, 1.82) is 0 Å². The minimum Gasteiger partial charge on any atom is -0.493 e. The van der Waals surface area contributed by atoms with Crippen molar-refractivity contribution < 1.29 is 19.4 Å². The Labute approximate surface area is 141 Å². The van der Waals surface area contributed by atoms with E-state index >= 15 is 0 Å². The molecule has 0 radical (unpaired) electrons. The molecule has 0 aliphatic carbocycles. The summed E-state index contributed by atoms with van der Waals surface area (Å²) in [4.78, 5) is 24.0. The number of ketones is 1. The first-order chi connectivity index (χ1) is 11.4. The molecule has 0 fully saturated rings. The molecule has 0 heterocycles. The molecule has 5 heteroatoms. The van der Waals surface area contributed by atoms with Gasteiger partial charge in [0.2, 0.25) is 0 Å². The van der Waals surface area contributed by atoms with E-state index in [0.29, 0.717) is 12.2 Å². The van der Waals surface area contributed by atoms with Crippen LogP contribution in [0.15, 0.2) is 36.4 Å². The van der Waals surface area contributed by atoms with Crippen LogP contribution in [-0.2, 0) is 0 Å². The maximum absolute atomic E-state index is 12.8. The SMILES string of the molecule is CCCCOc1cc(C(=O)O)cc(N)c1C(=O)c1ccc(C)cc1. The molecule has 0 bridgehead atoms. The third-order valence-electron chi connectivity index (χ3n) is 3.68. The van der Waals surface area contributed by atoms with Gasteiger partial charge in [-0.3, -0.25) is 4.79 Å². The smallest absolute Gasteiger partial charge is 0.335 e. The molecule has 0 aliphatic rings. The first-order valence-electron chi connectivity index (χ1n) is 7.85. The Balaban J connectivity index is 2.47. The van der Waals surface area contributed by atoms with Crippen molar-refractivity contribution in [2.24, 2.45) is 0 Å². The molecule has 0 unspecified atom stereocenters. The number of aromatic carboxylic acids is 1. The van der Waals surface area contributed by atoms with E-state index in [0.717, 1.165) is 18.4 Å². The molecule has 0 atom stereocenters. The Bertz CT molecular complexity index is 751. The first-order valence-corrected chi connectivity index (χ1v) is 7.85. The fraction of sp³-hybridized carbons (Fsp3) is 0.263. The number of benzene rings is 2. The molecule has 2 aromatic rings. The number of unbranched alkanes of at least 4 members (excludes halogenated alkanes) is 1. The van der Waals surface area contributed by atoms with Crippen molar-refractivity contribution in [2.75, 3.05) is 12.3 Å². The Morgan fingerprint density at radius 3 is 2.38 bits per heavy atom. The van der Waals surface area contributed by atoms with Gasteiger partial charge in [0.15, 0.2) is 5.78 Å². The lowest BCUT2D eigenvalue weighted by Crippen LogP contribution is -2.12. The number of nitrogens with two attached hydrogens (primary N) is 1. The maximum atomic E-state index is 12.8. The average Bonchev–Trinajstić information content (AvgIpc) is 2.54. The summed E-state index contributed by atoms with van der Waals surface area (Å²) in [6.07, 6.45) is 1.73. The summed E-state index contributed by atoms with van der Waals surface area (Å²) in [6, 6.07) is 9.77. The maximum Gasteiger partial charge on any atom is 0.335 e. The summed E-state index contributed by atoms with van der Waals surface area (Å²) in [5.41, 5.74) is 7.80. The lowest BCUT2D eigenvalue weighted by Gasteiger charge is -2.14. The average molecular weight is 327 g/mol. The van der Waals surface area contributed by atoms with Gasteiger partial charge in [0, 0.05) is 11.3 Å². The number of anilines is 1. The van der Waals surface area contributed by atoms with E-state index in [2.05, 4.69) is 0 Å². The number of hydrogen-bond acceptors (Lipinski definition) is 4. The summed E-state index contributed by atoms with van der Waals surface area (Å²) in [6.45, 7) is 4.35. The van der Waals surface area contributed by atoms with Gasteiger partial charge in [-0.2, -0.15) is 0 Å². The summed E-state index contributed by atoms with van der Waals surface area (Å²) in [7, 11) is 0. The van der Waals surface area contributed by atoms with E-state index in [-0.39, 0.29) is 28.3 Å². The van der Waals surface area contributed by atoms with Crippen LogP contribution in [0.2, 0.25) is 0 Å². The van der Waals surface area contributed by atoms with E-state index in [1.165, 1.54) is 12.1 Å². The summed E-state index contributed by atoms with van der Waals surface area (Å²) in [5.74, 6) is -1.18. The fourth-order valence-electron chi connectivity index (χ4n) is 2.29. The van der Waals surface area contributed by atoms with Crippen LogP contribution in [0.3, 0.4) is 0 Å². The van der Waals surface area contributed by atoms with Gasteiger partial charge in [-0.05, 0) is 25.5 Å². The quantitative estimate of drug-likeness (QED) is 0.460. The lowest BCUT2D eigenvalue weighted by molar-refractivity contribution is 0.0696. The highest BCUT2D eigenvalue weighted by Crippen LogP contribution is 2.30. The van der Waals surface area contributed by atoms with Gasteiger partial charge in [-0.25, -0.2) is 4.79 Å². The van der Waals surface area contributed by atoms with Crippen molar-refractivity contribution in [3.05, 3.63) is 58.7 Å². The zero-order chi connectivity index (χ0) is 17.7. The molecule has 126 valence electrons. The van der Waals surface area contributed by atoms with Crippen molar-refractivity contribution >= 4 is 17.4 Å². The first kappa shape index (κ1) is 17.5. The van der Waals surface area contributed by atoms with Crippen LogP contribution >= 0.6 is 0 Å². The monoisotopic (exact) mass is 327 g/mol. The zero-order valence-electron chi connectivity index (χ0n) is 13.8. The lowest BCUT2D eigenvalue weighted by atomic mass is 9.98. The summed E-state index contributed by atoms with van der Waals surface area (Å²) >= 11 is 0. The molecular weight excluding hydrogens is 306 g/mol. The Morgan fingerprint density at radius 2 is 1.79 bits per heavy atom. The highest BCUT2D eigenvalue weighted by atomic mass is 16.5. The minimum atomic E-state index is -1.11.